The van der Waals surface area contributed by atoms with Crippen LogP contribution in [0.3, 0.4) is 0 Å². The van der Waals surface area contributed by atoms with Crippen molar-refractivity contribution in [1.82, 2.24) is 0 Å². The second-order valence-electron chi connectivity index (χ2n) is 6.03. The largest absolute Gasteiger partial charge is 0.367 e. The molecule has 146 valence electrons. The van der Waals surface area contributed by atoms with Crippen molar-refractivity contribution in [3.8, 4) is 11.1 Å². The number of carbonyl (C=O) groups excluding carboxylic acids is 1. The molecule has 0 amide bonds. The van der Waals surface area contributed by atoms with Gasteiger partial charge in [-0.25, -0.2) is 4.39 Å². The maximum atomic E-state index is 14.3. The molecule has 0 unspecified atom stereocenters. The van der Waals surface area contributed by atoms with Crippen LogP contribution in [0.15, 0.2) is 47.6 Å². The molecule has 3 aromatic rings. The molecule has 0 atom stereocenters. The molecule has 0 spiro atoms. The molecule has 0 aliphatic rings. The Hall–Kier alpha value is -2.98. The fourth-order valence-electron chi connectivity index (χ4n) is 2.64. The first kappa shape index (κ1) is 19.8. The van der Waals surface area contributed by atoms with Gasteiger partial charge in [0.2, 0.25) is 5.96 Å². The lowest BCUT2D eigenvalue weighted by Crippen LogP contribution is -2.24. The maximum Gasteiger partial charge on any atom is 0.336 e. The lowest BCUT2D eigenvalue weighted by Gasteiger charge is -2.06. The number of guanidine groups is 1. The van der Waals surface area contributed by atoms with Crippen LogP contribution in [0, 0.1) is 12.7 Å². The average molecular weight is 421 g/mol. The summed E-state index contributed by atoms with van der Waals surface area (Å²) in [5, 5.41) is 3.61. The number of thiophene rings is 1. The van der Waals surface area contributed by atoms with Gasteiger partial charge in [-0.1, -0.05) is 23.8 Å². The van der Waals surface area contributed by atoms with Crippen LogP contribution < -0.4 is 11.5 Å². The van der Waals surface area contributed by atoms with Crippen molar-refractivity contribution < 1.29 is 21.9 Å². The molecule has 0 fully saturated rings. The second kappa shape index (κ2) is 7.56. The zero-order chi connectivity index (χ0) is 20.5. The van der Waals surface area contributed by atoms with E-state index in [1.54, 1.807) is 36.4 Å². The predicted octanol–water partition coefficient (Wildman–Crippen LogP) is 2.73. The van der Waals surface area contributed by atoms with E-state index in [-0.39, 0.29) is 10.7 Å². The van der Waals surface area contributed by atoms with Crippen molar-refractivity contribution >= 4 is 43.3 Å². The van der Waals surface area contributed by atoms with Crippen molar-refractivity contribution in [3.05, 3.63) is 58.7 Å². The normalized spacial score (nSPS) is 11.4. The Morgan fingerprint density at radius 3 is 2.64 bits per heavy atom. The minimum absolute atomic E-state index is 0.201. The Balaban J connectivity index is 1.98. The van der Waals surface area contributed by atoms with Crippen LogP contribution in [-0.2, 0) is 14.4 Å². The van der Waals surface area contributed by atoms with Crippen LogP contribution in [0.25, 0.3) is 21.2 Å². The van der Waals surface area contributed by atoms with Gasteiger partial charge in [0.15, 0.2) is 11.5 Å². The molecule has 0 saturated carbocycles. The number of fused-ring (bicyclic) bond motifs is 1. The SMILES string of the molecule is Cc1ccc(F)c(-c2cccc3sc(C(=O)CS(=O)(=O)ON=C(N)N)cc23)c1. The molecular weight excluding hydrogens is 405 g/mol. The van der Waals surface area contributed by atoms with E-state index >= 15 is 0 Å². The molecule has 28 heavy (non-hydrogen) atoms. The Bertz CT molecular complexity index is 1200. The number of aryl methyl sites for hydroxylation is 1. The first-order valence-electron chi connectivity index (χ1n) is 7.99. The van der Waals surface area contributed by atoms with Gasteiger partial charge in [-0.15, -0.1) is 11.3 Å². The van der Waals surface area contributed by atoms with Crippen molar-refractivity contribution in [2.75, 3.05) is 5.75 Å². The molecule has 0 radical (unpaired) electrons. The van der Waals surface area contributed by atoms with E-state index in [4.69, 9.17) is 11.5 Å². The van der Waals surface area contributed by atoms with E-state index in [1.807, 2.05) is 6.92 Å². The molecule has 10 heteroatoms. The van der Waals surface area contributed by atoms with E-state index in [0.717, 1.165) is 21.6 Å². The summed E-state index contributed by atoms with van der Waals surface area (Å²) in [4.78, 5) is 12.6. The number of nitrogens with zero attached hydrogens (tertiary/aromatic N) is 1. The van der Waals surface area contributed by atoms with Crippen molar-refractivity contribution in [2.24, 2.45) is 16.6 Å². The summed E-state index contributed by atoms with van der Waals surface area (Å²) in [6.07, 6.45) is 0. The molecule has 4 N–H and O–H groups in total. The first-order chi connectivity index (χ1) is 13.2. The summed E-state index contributed by atoms with van der Waals surface area (Å²) in [5.41, 5.74) is 11.9. The van der Waals surface area contributed by atoms with E-state index in [1.165, 1.54) is 6.07 Å². The molecule has 1 heterocycles. The standard InChI is InChI=1S/C18H16FN3O4S2/c1-10-5-6-14(19)12(7-10)11-3-2-4-16-13(11)8-17(27-16)15(23)9-28(24,25)26-22-18(20)21/h2-8H,9H2,1H3,(H4,20,21,22). The fourth-order valence-corrected chi connectivity index (χ4v) is 4.48. The number of rotatable bonds is 6. The number of Topliss-reactive ketones (excluding diaryl/α,β-unsaturated/α-hetero) is 1. The Morgan fingerprint density at radius 1 is 1.18 bits per heavy atom. The van der Waals surface area contributed by atoms with Gasteiger partial charge < -0.3 is 11.5 Å². The highest BCUT2D eigenvalue weighted by atomic mass is 32.2. The number of ketones is 1. The monoisotopic (exact) mass is 421 g/mol. The van der Waals surface area contributed by atoms with Crippen LogP contribution in [0.2, 0.25) is 0 Å². The van der Waals surface area contributed by atoms with Gasteiger partial charge >= 0.3 is 10.1 Å². The third-order valence-electron chi connectivity index (χ3n) is 3.81. The average Bonchev–Trinajstić information content (AvgIpc) is 3.06. The number of benzene rings is 2. The zero-order valence-corrected chi connectivity index (χ0v) is 16.3. The smallest absolute Gasteiger partial charge is 0.336 e. The summed E-state index contributed by atoms with van der Waals surface area (Å²) >= 11 is 1.11. The van der Waals surface area contributed by atoms with Gasteiger partial charge in [-0.05, 0) is 41.9 Å². The van der Waals surface area contributed by atoms with Gasteiger partial charge in [-0.2, -0.15) is 8.42 Å². The molecule has 7 nitrogen and oxygen atoms in total. The quantitative estimate of drug-likeness (QED) is 0.273. The number of hydrogen-bond acceptors (Lipinski definition) is 6. The molecule has 0 saturated heterocycles. The molecule has 0 aliphatic carbocycles. The molecule has 1 aromatic heterocycles. The minimum atomic E-state index is -4.29. The fraction of sp³-hybridized carbons (Fsp3) is 0.111. The summed E-state index contributed by atoms with van der Waals surface area (Å²) in [6, 6.07) is 11.6. The van der Waals surface area contributed by atoms with E-state index in [2.05, 4.69) is 9.44 Å². The Kier molecular flexibility index (Phi) is 5.34. The van der Waals surface area contributed by atoms with Gasteiger partial charge in [0, 0.05) is 15.6 Å². The number of hydrogen-bond donors (Lipinski definition) is 2. The number of carbonyl (C=O) groups is 1. The molecule has 3 rings (SSSR count). The Morgan fingerprint density at radius 2 is 1.93 bits per heavy atom. The molecule has 0 aliphatic heterocycles. The van der Waals surface area contributed by atoms with E-state index in [9.17, 15) is 17.6 Å². The van der Waals surface area contributed by atoms with Gasteiger partial charge in [-0.3, -0.25) is 9.08 Å². The zero-order valence-electron chi connectivity index (χ0n) is 14.7. The second-order valence-corrected chi connectivity index (χ2v) is 8.66. The third kappa shape index (κ3) is 4.29. The predicted molar refractivity (Wildman–Crippen MR) is 107 cm³/mol. The first-order valence-corrected chi connectivity index (χ1v) is 10.4. The number of oxime groups is 1. The van der Waals surface area contributed by atoms with Crippen molar-refractivity contribution in [3.63, 3.8) is 0 Å². The Labute approximate surface area is 164 Å². The minimum Gasteiger partial charge on any atom is -0.367 e. The van der Waals surface area contributed by atoms with Gasteiger partial charge in [0.1, 0.15) is 5.82 Å². The summed E-state index contributed by atoms with van der Waals surface area (Å²) in [6.45, 7) is 1.85. The van der Waals surface area contributed by atoms with Crippen LogP contribution in [0.5, 0.6) is 0 Å². The van der Waals surface area contributed by atoms with Crippen molar-refractivity contribution in [2.45, 2.75) is 6.92 Å². The number of halogens is 1. The molecule has 2 aromatic carbocycles. The number of nitrogens with two attached hydrogens (primary N) is 2. The van der Waals surface area contributed by atoms with E-state index < -0.39 is 27.6 Å². The van der Waals surface area contributed by atoms with Crippen LogP contribution in [0.1, 0.15) is 15.2 Å². The highest BCUT2D eigenvalue weighted by Crippen LogP contribution is 2.36. The summed E-state index contributed by atoms with van der Waals surface area (Å²) in [7, 11) is -4.29. The van der Waals surface area contributed by atoms with Crippen LogP contribution >= 0.6 is 11.3 Å². The molecule has 0 bridgehead atoms. The van der Waals surface area contributed by atoms with Crippen molar-refractivity contribution in [1.29, 1.82) is 0 Å². The lowest BCUT2D eigenvalue weighted by atomic mass is 9.99. The maximum absolute atomic E-state index is 14.3. The van der Waals surface area contributed by atoms with Crippen LogP contribution in [-0.4, -0.2) is 25.9 Å². The highest BCUT2D eigenvalue weighted by molar-refractivity contribution is 7.87. The summed E-state index contributed by atoms with van der Waals surface area (Å²) < 4.78 is 42.9. The highest BCUT2D eigenvalue weighted by Gasteiger charge is 2.22. The summed E-state index contributed by atoms with van der Waals surface area (Å²) in [5.74, 6) is -2.57. The van der Waals surface area contributed by atoms with Gasteiger partial charge in [0.05, 0.1) is 4.88 Å². The topological polar surface area (TPSA) is 125 Å². The van der Waals surface area contributed by atoms with Crippen LogP contribution in [0.4, 0.5) is 4.39 Å². The van der Waals surface area contributed by atoms with Gasteiger partial charge in [0.25, 0.3) is 0 Å². The molecular formula is C18H16FN3O4S2. The lowest BCUT2D eigenvalue weighted by molar-refractivity contribution is 0.102. The third-order valence-corrected chi connectivity index (χ3v) is 5.87. The van der Waals surface area contributed by atoms with E-state index in [0.29, 0.717) is 16.5 Å².